The number of quaternary nitrogens is 1. The first-order chi connectivity index (χ1) is 20.2. The molecule has 0 radical (unpaired) electrons. The summed E-state index contributed by atoms with van der Waals surface area (Å²) in [4.78, 5) is 40.7. The Bertz CT molecular complexity index is 1180. The lowest BCUT2D eigenvalue weighted by Crippen LogP contribution is -3.08. The Balaban J connectivity index is 0.00000142. The second-order valence-corrected chi connectivity index (χ2v) is 10.3. The maximum Gasteiger partial charge on any atom is 0.404 e. The van der Waals surface area contributed by atoms with Gasteiger partial charge in [0.25, 0.3) is 11.9 Å². The molecule has 1 unspecified atom stereocenters. The largest absolute Gasteiger partial charge is 0.497 e. The van der Waals surface area contributed by atoms with Crippen LogP contribution in [0.15, 0.2) is 36.4 Å². The molecule has 3 N–H and O–H groups in total. The number of pyridine rings is 1. The van der Waals surface area contributed by atoms with Crippen molar-refractivity contribution < 1.29 is 42.3 Å². The van der Waals surface area contributed by atoms with Gasteiger partial charge in [-0.3, -0.25) is 19.3 Å². The van der Waals surface area contributed by atoms with Crippen LogP contribution in [-0.2, 0) is 9.59 Å². The van der Waals surface area contributed by atoms with Crippen LogP contribution in [0.25, 0.3) is 0 Å². The molecule has 0 aliphatic carbocycles. The van der Waals surface area contributed by atoms with Crippen LogP contribution in [-0.4, -0.2) is 79.8 Å². The summed E-state index contributed by atoms with van der Waals surface area (Å²) >= 11 is 6.25. The highest BCUT2D eigenvalue weighted by atomic mass is 35.5. The summed E-state index contributed by atoms with van der Waals surface area (Å²) in [5.74, 6) is -2.85. The molecule has 1 aliphatic rings. The minimum absolute atomic E-state index is 0.146. The van der Waals surface area contributed by atoms with E-state index >= 15 is 0 Å². The number of aliphatic carboxylic acids is 1. The van der Waals surface area contributed by atoms with Gasteiger partial charge in [-0.1, -0.05) is 37.6 Å². The van der Waals surface area contributed by atoms with Gasteiger partial charge in [-0.05, 0) is 55.4 Å². The third-order valence-corrected chi connectivity index (χ3v) is 6.95. The van der Waals surface area contributed by atoms with Crippen molar-refractivity contribution in [1.82, 2.24) is 15.2 Å². The summed E-state index contributed by atoms with van der Waals surface area (Å²) in [5.41, 5.74) is 0.221. The van der Waals surface area contributed by atoms with Crippen LogP contribution >= 0.6 is 11.6 Å². The number of aromatic nitrogens is 1. The lowest BCUT2D eigenvalue weighted by Gasteiger charge is -2.28. The Hall–Kier alpha value is -3.38. The molecular weight excluding hydrogens is 589 g/mol. The molecule has 0 bridgehead atoms. The average molecular weight is 632 g/mol. The minimum atomic E-state index is -4.71. The number of benzene rings is 1. The van der Waals surface area contributed by atoms with Crippen molar-refractivity contribution in [2.24, 2.45) is 5.92 Å². The fourth-order valence-electron chi connectivity index (χ4n) is 4.62. The zero-order valence-corrected chi connectivity index (χ0v) is 26.3. The van der Waals surface area contributed by atoms with Crippen molar-refractivity contribution in [3.05, 3.63) is 52.7 Å². The first-order valence-electron chi connectivity index (χ1n) is 14.2. The third kappa shape index (κ3) is 12.4. The number of amides is 2. The van der Waals surface area contributed by atoms with E-state index in [1.807, 2.05) is 19.9 Å². The number of carboxylic acids is 1. The van der Waals surface area contributed by atoms with Crippen LogP contribution in [0.4, 0.5) is 19.0 Å². The van der Waals surface area contributed by atoms with Gasteiger partial charge in [0.05, 0.1) is 25.8 Å². The van der Waals surface area contributed by atoms with Crippen LogP contribution in [0.5, 0.6) is 5.75 Å². The van der Waals surface area contributed by atoms with Gasteiger partial charge < -0.3 is 20.1 Å². The minimum Gasteiger partial charge on any atom is -0.497 e. The fraction of sp³-hybridized carbons (Fsp3) is 0.533. The van der Waals surface area contributed by atoms with E-state index in [0.29, 0.717) is 17.9 Å². The van der Waals surface area contributed by atoms with E-state index in [-0.39, 0.29) is 28.9 Å². The number of halogens is 4. The van der Waals surface area contributed by atoms with E-state index in [1.165, 1.54) is 41.2 Å². The molecular formula is C30H43ClF3N4O5+. The molecule has 0 spiro atoms. The molecule has 1 atom stereocenters. The lowest BCUT2D eigenvalue weighted by molar-refractivity contribution is -0.842. The molecule has 1 saturated heterocycles. The van der Waals surface area contributed by atoms with Gasteiger partial charge in [0.1, 0.15) is 10.9 Å². The normalized spacial score (nSPS) is 16.8. The van der Waals surface area contributed by atoms with E-state index in [9.17, 15) is 22.8 Å². The fourth-order valence-corrected chi connectivity index (χ4v) is 4.85. The van der Waals surface area contributed by atoms with E-state index < -0.39 is 24.0 Å². The number of hydrogen-bond acceptors (Lipinski definition) is 5. The van der Waals surface area contributed by atoms with Crippen LogP contribution in [0.1, 0.15) is 68.3 Å². The van der Waals surface area contributed by atoms with Gasteiger partial charge in [-0.15, -0.1) is 0 Å². The highest BCUT2D eigenvalue weighted by Crippen LogP contribution is 2.36. The summed E-state index contributed by atoms with van der Waals surface area (Å²) in [7, 11) is 4.68. The first kappa shape index (κ1) is 37.6. The van der Waals surface area contributed by atoms with Crippen molar-refractivity contribution in [3.8, 4) is 5.75 Å². The Morgan fingerprint density at radius 1 is 1.16 bits per heavy atom. The number of carbonyl (C=O) groups is 3. The Kier molecular flexibility index (Phi) is 16.0. The van der Waals surface area contributed by atoms with Crippen molar-refractivity contribution >= 4 is 35.2 Å². The second-order valence-electron chi connectivity index (χ2n) is 9.98. The third-order valence-electron chi connectivity index (χ3n) is 6.66. The SMILES string of the molecule is CC.CC(=O)O.COc1cccc(C(C(=O)NCCCC2CC[NH+](c3ccc(C(=O)N(C)C)c(Cl)n3)CC2)C(F)(F)F)c1. The molecule has 2 aromatic rings. The summed E-state index contributed by atoms with van der Waals surface area (Å²) in [6, 6.07) is 9.03. The number of methoxy groups -OCH3 is 1. The molecule has 0 saturated carbocycles. The molecule has 3 rings (SSSR count). The molecule has 240 valence electrons. The summed E-state index contributed by atoms with van der Waals surface area (Å²) in [5, 5.41) is 10.1. The summed E-state index contributed by atoms with van der Waals surface area (Å²) in [6.45, 7) is 6.95. The number of alkyl halides is 3. The molecule has 2 heterocycles. The molecule has 13 heteroatoms. The summed E-state index contributed by atoms with van der Waals surface area (Å²) < 4.78 is 46.0. The number of ether oxygens (including phenoxy) is 1. The predicted molar refractivity (Wildman–Crippen MR) is 159 cm³/mol. The maximum atomic E-state index is 13.7. The Morgan fingerprint density at radius 3 is 2.28 bits per heavy atom. The second kappa shape index (κ2) is 18.3. The van der Waals surface area contributed by atoms with Crippen LogP contribution in [0.3, 0.4) is 0 Å². The smallest absolute Gasteiger partial charge is 0.404 e. The van der Waals surface area contributed by atoms with Crippen molar-refractivity contribution in [2.75, 3.05) is 40.8 Å². The lowest BCUT2D eigenvalue weighted by atomic mass is 9.92. The van der Waals surface area contributed by atoms with E-state index in [1.54, 1.807) is 20.2 Å². The standard InChI is InChI=1S/C26H32ClF3N4O3.C2H4O2.C2H6/c1-33(2)25(36)20-9-10-21(32-23(20)27)34-14-11-17(12-15-34)6-5-13-31-24(35)22(26(28,29)30)18-7-4-8-19(16-18)37-3;1-2(3)4;1-2/h4,7-10,16-17,22H,5-6,11-15H2,1-3H3,(H,31,35);1H3,(H,3,4);1-2H3/p+1. The molecule has 2 amide bonds. The zero-order chi connectivity index (χ0) is 32.7. The van der Waals surface area contributed by atoms with Gasteiger partial charge in [-0.25, -0.2) is 0 Å². The Morgan fingerprint density at radius 2 is 1.77 bits per heavy atom. The molecule has 1 aromatic heterocycles. The number of nitrogens with one attached hydrogen (secondary N) is 2. The number of carboxylic acid groups (broad SMARTS) is 1. The first-order valence-corrected chi connectivity index (χ1v) is 14.5. The highest BCUT2D eigenvalue weighted by molar-refractivity contribution is 6.32. The van der Waals surface area contributed by atoms with E-state index in [0.717, 1.165) is 45.1 Å². The monoisotopic (exact) mass is 631 g/mol. The van der Waals surface area contributed by atoms with Gasteiger partial charge in [0.2, 0.25) is 11.7 Å². The number of carbonyl (C=O) groups excluding carboxylic acids is 2. The quantitative estimate of drug-likeness (QED) is 0.272. The average Bonchev–Trinajstić information content (AvgIpc) is 2.95. The topological polar surface area (TPSA) is 113 Å². The van der Waals surface area contributed by atoms with E-state index in [2.05, 4.69) is 10.3 Å². The van der Waals surface area contributed by atoms with Crippen molar-refractivity contribution in [1.29, 1.82) is 0 Å². The molecule has 1 aromatic carbocycles. The van der Waals surface area contributed by atoms with Crippen LogP contribution in [0, 0.1) is 5.92 Å². The van der Waals surface area contributed by atoms with Gasteiger partial charge in [0, 0.05) is 33.6 Å². The highest BCUT2D eigenvalue weighted by Gasteiger charge is 2.46. The van der Waals surface area contributed by atoms with Gasteiger partial charge in [0.15, 0.2) is 5.92 Å². The molecule has 9 nitrogen and oxygen atoms in total. The van der Waals surface area contributed by atoms with Gasteiger partial charge >= 0.3 is 6.18 Å². The number of piperidine rings is 1. The number of nitrogens with zero attached hydrogens (tertiary/aromatic N) is 2. The van der Waals surface area contributed by atoms with Crippen molar-refractivity contribution in [2.45, 2.75) is 58.5 Å². The maximum absolute atomic E-state index is 13.7. The molecule has 1 aliphatic heterocycles. The van der Waals surface area contributed by atoms with Crippen molar-refractivity contribution in [3.63, 3.8) is 0 Å². The summed E-state index contributed by atoms with van der Waals surface area (Å²) in [6.07, 6.45) is -1.44. The number of hydrogen-bond donors (Lipinski definition) is 3. The van der Waals surface area contributed by atoms with Crippen LogP contribution in [0.2, 0.25) is 5.15 Å². The Labute approximate surface area is 256 Å². The zero-order valence-electron chi connectivity index (χ0n) is 25.6. The van der Waals surface area contributed by atoms with Gasteiger partial charge in [-0.2, -0.15) is 18.2 Å². The molecule has 43 heavy (non-hydrogen) atoms. The van der Waals surface area contributed by atoms with E-state index in [4.69, 9.17) is 26.2 Å². The van der Waals surface area contributed by atoms with Crippen LogP contribution < -0.4 is 15.0 Å². The molecule has 1 fully saturated rings. The number of rotatable bonds is 9. The predicted octanol–water partition coefficient (Wildman–Crippen LogP) is 4.73.